The van der Waals surface area contributed by atoms with Gasteiger partial charge in [0.25, 0.3) is 10.0 Å². The third-order valence-corrected chi connectivity index (χ3v) is 7.00. The van der Waals surface area contributed by atoms with Crippen LogP contribution in [-0.2, 0) is 10.0 Å². The van der Waals surface area contributed by atoms with Gasteiger partial charge in [-0.15, -0.1) is 0 Å². The molecule has 0 radical (unpaired) electrons. The van der Waals surface area contributed by atoms with Crippen LogP contribution in [0.5, 0.6) is 0 Å². The van der Waals surface area contributed by atoms with Gasteiger partial charge in [-0.05, 0) is 36.4 Å². The molecule has 3 N–H and O–H groups in total. The Hall–Kier alpha value is -4.51. The van der Waals surface area contributed by atoms with Crippen LogP contribution in [0.25, 0.3) is 33.0 Å². The Morgan fingerprint density at radius 2 is 1.76 bits per heavy atom. The molecular formula is C22H15N7O3S. The fourth-order valence-electron chi connectivity index (χ4n) is 3.78. The number of benzene rings is 2. The summed E-state index contributed by atoms with van der Waals surface area (Å²) in [6, 6.07) is 15.5. The molecule has 0 saturated carbocycles. The van der Waals surface area contributed by atoms with Crippen molar-refractivity contribution in [2.75, 3.05) is 5.32 Å². The molecule has 0 spiro atoms. The molecule has 0 amide bonds. The second kappa shape index (κ2) is 7.00. The Kier molecular flexibility index (Phi) is 4.07. The van der Waals surface area contributed by atoms with Crippen LogP contribution in [0.15, 0.2) is 82.9 Å². The fraction of sp³-hybridized carbons (Fsp3) is 0. The summed E-state index contributed by atoms with van der Waals surface area (Å²) in [6.07, 6.45) is 4.57. The fourth-order valence-corrected chi connectivity index (χ4v) is 5.25. The minimum Gasteiger partial charge on any atom is -0.324 e. The van der Waals surface area contributed by atoms with Crippen LogP contribution in [0.4, 0.5) is 11.6 Å². The molecule has 0 aliphatic carbocycles. The van der Waals surface area contributed by atoms with E-state index in [4.69, 9.17) is 0 Å². The summed E-state index contributed by atoms with van der Waals surface area (Å²) in [7, 11) is -3.97. The molecule has 0 atom stereocenters. The monoisotopic (exact) mass is 457 g/mol. The molecule has 33 heavy (non-hydrogen) atoms. The van der Waals surface area contributed by atoms with Gasteiger partial charge in [0.05, 0.1) is 16.6 Å². The Bertz CT molecular complexity index is 1850. The number of hydrogen-bond donors (Lipinski definition) is 3. The van der Waals surface area contributed by atoms with Gasteiger partial charge in [0.1, 0.15) is 4.90 Å². The van der Waals surface area contributed by atoms with Crippen molar-refractivity contribution in [3.05, 3.63) is 83.7 Å². The molecule has 0 aliphatic heterocycles. The van der Waals surface area contributed by atoms with E-state index in [0.29, 0.717) is 27.6 Å². The summed E-state index contributed by atoms with van der Waals surface area (Å²) in [5.74, 6) is 0.214. The maximum atomic E-state index is 13.5. The maximum Gasteiger partial charge on any atom is 0.323 e. The molecule has 2 aromatic carbocycles. The van der Waals surface area contributed by atoms with Gasteiger partial charge in [-0.25, -0.2) is 22.2 Å². The van der Waals surface area contributed by atoms with Gasteiger partial charge in [0.15, 0.2) is 5.65 Å². The van der Waals surface area contributed by atoms with Gasteiger partial charge >= 0.3 is 5.69 Å². The molecule has 10 nitrogen and oxygen atoms in total. The maximum absolute atomic E-state index is 13.5. The standard InChI is InChI=1S/C22H15N7O3S/c30-22-26-16-7-6-15(11-17(16)27-22)25-21-24-12-14-8-10-29(20(14)28-21)33(31,32)18-5-1-3-13-4-2-9-23-19(13)18/h1-12H,(H,24,25,28)(H2,26,27,30). The van der Waals surface area contributed by atoms with Crippen LogP contribution in [0, 0.1) is 0 Å². The van der Waals surface area contributed by atoms with E-state index < -0.39 is 10.0 Å². The summed E-state index contributed by atoms with van der Waals surface area (Å²) >= 11 is 0. The number of imidazole rings is 1. The van der Waals surface area contributed by atoms with E-state index in [0.717, 1.165) is 9.36 Å². The van der Waals surface area contributed by atoms with Gasteiger partial charge in [0.2, 0.25) is 5.95 Å². The van der Waals surface area contributed by atoms with Crippen LogP contribution in [0.3, 0.4) is 0 Å². The van der Waals surface area contributed by atoms with E-state index in [1.807, 2.05) is 12.1 Å². The number of aromatic nitrogens is 6. The van der Waals surface area contributed by atoms with Crippen molar-refractivity contribution in [1.82, 2.24) is 28.9 Å². The Morgan fingerprint density at radius 1 is 0.909 bits per heavy atom. The number of H-pyrrole nitrogens is 2. The molecule has 11 heteroatoms. The van der Waals surface area contributed by atoms with Crippen LogP contribution in [0.1, 0.15) is 0 Å². The molecular weight excluding hydrogens is 442 g/mol. The first kappa shape index (κ1) is 19.2. The molecule has 0 saturated heterocycles. The number of nitrogens with zero attached hydrogens (tertiary/aromatic N) is 4. The van der Waals surface area contributed by atoms with Crippen molar-refractivity contribution >= 4 is 54.6 Å². The molecule has 4 heterocycles. The van der Waals surface area contributed by atoms with Crippen LogP contribution >= 0.6 is 0 Å². The third kappa shape index (κ3) is 3.13. The average molecular weight is 457 g/mol. The van der Waals surface area contributed by atoms with Gasteiger partial charge in [-0.2, -0.15) is 4.98 Å². The lowest BCUT2D eigenvalue weighted by Gasteiger charge is -2.10. The molecule has 162 valence electrons. The zero-order valence-electron chi connectivity index (χ0n) is 16.9. The highest BCUT2D eigenvalue weighted by Gasteiger charge is 2.23. The van der Waals surface area contributed by atoms with Crippen molar-refractivity contribution in [2.45, 2.75) is 4.90 Å². The minimum atomic E-state index is -3.97. The second-order valence-corrected chi connectivity index (χ2v) is 9.17. The third-order valence-electron chi connectivity index (χ3n) is 5.30. The Balaban J connectivity index is 1.44. The lowest BCUT2D eigenvalue weighted by atomic mass is 10.2. The first-order valence-corrected chi connectivity index (χ1v) is 11.4. The molecule has 0 bridgehead atoms. The van der Waals surface area contributed by atoms with E-state index >= 15 is 0 Å². The zero-order chi connectivity index (χ0) is 22.6. The van der Waals surface area contributed by atoms with E-state index in [2.05, 4.69) is 30.2 Å². The highest BCUT2D eigenvalue weighted by Crippen LogP contribution is 2.27. The predicted molar refractivity (Wildman–Crippen MR) is 124 cm³/mol. The lowest BCUT2D eigenvalue weighted by molar-refractivity contribution is 0.589. The SMILES string of the molecule is O=c1[nH]c2ccc(Nc3ncc4ccn(S(=O)(=O)c5cccc6cccnc56)c4n3)cc2[nH]1. The zero-order valence-corrected chi connectivity index (χ0v) is 17.7. The van der Waals surface area contributed by atoms with Crippen LogP contribution in [0.2, 0.25) is 0 Å². The molecule has 0 fully saturated rings. The summed E-state index contributed by atoms with van der Waals surface area (Å²) in [6.45, 7) is 0. The smallest absolute Gasteiger partial charge is 0.323 e. The second-order valence-electron chi connectivity index (χ2n) is 7.38. The van der Waals surface area contributed by atoms with Crippen molar-refractivity contribution in [1.29, 1.82) is 0 Å². The number of para-hydroxylation sites is 1. The van der Waals surface area contributed by atoms with Gasteiger partial charge < -0.3 is 15.3 Å². The van der Waals surface area contributed by atoms with Crippen molar-refractivity contribution in [3.8, 4) is 0 Å². The summed E-state index contributed by atoms with van der Waals surface area (Å²) in [5, 5.41) is 4.36. The Morgan fingerprint density at radius 3 is 2.67 bits per heavy atom. The van der Waals surface area contributed by atoms with Crippen LogP contribution in [-0.4, -0.2) is 37.3 Å². The number of hydrogen-bond acceptors (Lipinski definition) is 7. The summed E-state index contributed by atoms with van der Waals surface area (Å²) in [4.78, 5) is 29.9. The highest BCUT2D eigenvalue weighted by atomic mass is 32.2. The largest absolute Gasteiger partial charge is 0.324 e. The number of pyridine rings is 1. The van der Waals surface area contributed by atoms with Gasteiger partial charge in [-0.3, -0.25) is 4.98 Å². The van der Waals surface area contributed by atoms with Crippen molar-refractivity contribution in [2.24, 2.45) is 0 Å². The van der Waals surface area contributed by atoms with E-state index in [9.17, 15) is 13.2 Å². The Labute approximate surface area is 186 Å². The topological polar surface area (TPSA) is 138 Å². The van der Waals surface area contributed by atoms with Crippen molar-refractivity contribution < 1.29 is 8.42 Å². The number of rotatable bonds is 4. The van der Waals surface area contributed by atoms with Crippen molar-refractivity contribution in [3.63, 3.8) is 0 Å². The van der Waals surface area contributed by atoms with E-state index in [1.54, 1.807) is 48.8 Å². The molecule has 6 rings (SSSR count). The predicted octanol–water partition coefficient (Wildman–Crippen LogP) is 3.13. The van der Waals surface area contributed by atoms with Crippen LogP contribution < -0.4 is 11.0 Å². The first-order chi connectivity index (χ1) is 16.0. The number of nitrogens with one attached hydrogen (secondary N) is 3. The normalized spacial score (nSPS) is 12.0. The number of fused-ring (bicyclic) bond motifs is 3. The molecule has 4 aromatic heterocycles. The van der Waals surface area contributed by atoms with Gasteiger partial charge in [-0.1, -0.05) is 18.2 Å². The molecule has 6 aromatic rings. The van der Waals surface area contributed by atoms with E-state index in [-0.39, 0.29) is 22.2 Å². The summed E-state index contributed by atoms with van der Waals surface area (Å²) < 4.78 is 28.2. The quantitative estimate of drug-likeness (QED) is 0.370. The lowest BCUT2D eigenvalue weighted by Crippen LogP contribution is -2.13. The number of aromatic amines is 2. The average Bonchev–Trinajstić information content (AvgIpc) is 3.41. The summed E-state index contributed by atoms with van der Waals surface area (Å²) in [5.41, 5.74) is 2.26. The number of anilines is 2. The minimum absolute atomic E-state index is 0.0908. The van der Waals surface area contributed by atoms with E-state index in [1.165, 1.54) is 12.3 Å². The molecule has 0 aliphatic rings. The van der Waals surface area contributed by atoms with Gasteiger partial charge in [0, 0.05) is 35.1 Å². The molecule has 0 unspecified atom stereocenters. The highest BCUT2D eigenvalue weighted by molar-refractivity contribution is 7.90. The first-order valence-electron chi connectivity index (χ1n) is 9.91.